The van der Waals surface area contributed by atoms with Crippen LogP contribution in [-0.2, 0) is 19.4 Å². The predicted molar refractivity (Wildman–Crippen MR) is 78.6 cm³/mol. The molecule has 21 heavy (non-hydrogen) atoms. The molecule has 0 bridgehead atoms. The van der Waals surface area contributed by atoms with Crippen molar-refractivity contribution >= 4 is 0 Å². The Labute approximate surface area is 123 Å². The number of fused-ring (bicyclic) bond motifs is 5. The Morgan fingerprint density at radius 1 is 1.19 bits per heavy atom. The molecule has 4 heteroatoms. The van der Waals surface area contributed by atoms with Crippen LogP contribution in [-0.4, -0.2) is 16.3 Å². The topological polar surface area (TPSA) is 65.6 Å². The maximum Gasteiger partial charge on any atom is 0.157 e. The number of hydrogen-bond donors (Lipinski definition) is 3. The molecule has 0 saturated carbocycles. The van der Waals surface area contributed by atoms with E-state index >= 15 is 0 Å². The van der Waals surface area contributed by atoms with Crippen molar-refractivity contribution < 1.29 is 14.6 Å². The first-order chi connectivity index (χ1) is 10.2. The lowest BCUT2D eigenvalue weighted by Crippen LogP contribution is -2.42. The van der Waals surface area contributed by atoms with E-state index in [1.165, 1.54) is 5.56 Å². The number of aromatic hydroxyl groups is 2. The van der Waals surface area contributed by atoms with Gasteiger partial charge in [0.05, 0.1) is 6.54 Å². The van der Waals surface area contributed by atoms with Crippen molar-refractivity contribution in [2.45, 2.75) is 44.7 Å². The van der Waals surface area contributed by atoms with Crippen molar-refractivity contribution in [2.75, 3.05) is 0 Å². The third kappa shape index (κ3) is 1.86. The van der Waals surface area contributed by atoms with Crippen molar-refractivity contribution in [1.82, 2.24) is 5.32 Å². The minimum Gasteiger partial charge on any atom is -0.504 e. The first-order valence-electron chi connectivity index (χ1n) is 7.57. The fraction of sp³-hybridized carbons (Fsp3) is 0.412. The fourth-order valence-corrected chi connectivity index (χ4v) is 3.74. The number of aryl methyl sites for hydroxylation is 2. The maximum absolute atomic E-state index is 9.87. The first kappa shape index (κ1) is 12.8. The number of phenolic OH excluding ortho intramolecular Hbond substituents is 2. The van der Waals surface area contributed by atoms with Crippen LogP contribution >= 0.6 is 0 Å². The fourth-order valence-electron chi connectivity index (χ4n) is 3.74. The molecule has 0 amide bonds. The number of phenols is 2. The van der Waals surface area contributed by atoms with Gasteiger partial charge in [0.2, 0.25) is 0 Å². The van der Waals surface area contributed by atoms with Gasteiger partial charge in [0.1, 0.15) is 11.5 Å². The molecule has 110 valence electrons. The normalized spacial score (nSPS) is 23.3. The average Bonchev–Trinajstić information content (AvgIpc) is 2.91. The molecule has 2 heterocycles. The number of hydrogen-bond acceptors (Lipinski definition) is 4. The lowest BCUT2D eigenvalue weighted by Gasteiger charge is -2.37. The zero-order valence-corrected chi connectivity index (χ0v) is 12.0. The van der Waals surface area contributed by atoms with E-state index in [1.54, 1.807) is 12.1 Å². The molecule has 0 fully saturated rings. The molecule has 3 N–H and O–H groups in total. The van der Waals surface area contributed by atoms with Crippen molar-refractivity contribution in [3.8, 4) is 11.5 Å². The Morgan fingerprint density at radius 3 is 2.81 bits per heavy atom. The average molecular weight is 285 g/mol. The summed E-state index contributed by atoms with van der Waals surface area (Å²) in [7, 11) is 0. The maximum atomic E-state index is 9.87. The van der Waals surface area contributed by atoms with Gasteiger partial charge in [-0.15, -0.1) is 0 Å². The van der Waals surface area contributed by atoms with E-state index in [-0.39, 0.29) is 17.4 Å². The van der Waals surface area contributed by atoms with Crippen LogP contribution in [0.1, 0.15) is 47.5 Å². The van der Waals surface area contributed by atoms with Gasteiger partial charge in [-0.25, -0.2) is 0 Å². The Kier molecular flexibility index (Phi) is 2.76. The highest BCUT2D eigenvalue weighted by Crippen LogP contribution is 2.44. The third-order valence-electron chi connectivity index (χ3n) is 4.80. The second-order valence-electron chi connectivity index (χ2n) is 5.99. The predicted octanol–water partition coefficient (Wildman–Crippen LogP) is 2.80. The molecule has 2 unspecified atom stereocenters. The van der Waals surface area contributed by atoms with Crippen LogP contribution in [0.5, 0.6) is 11.5 Å². The van der Waals surface area contributed by atoms with Gasteiger partial charge in [0.25, 0.3) is 0 Å². The Hall–Kier alpha value is -1.94. The van der Waals surface area contributed by atoms with Gasteiger partial charge in [-0.1, -0.05) is 6.92 Å². The summed E-state index contributed by atoms with van der Waals surface area (Å²) in [5.74, 6) is 2.15. The summed E-state index contributed by atoms with van der Waals surface area (Å²) in [6.45, 7) is 2.86. The molecule has 0 radical (unpaired) electrons. The summed E-state index contributed by atoms with van der Waals surface area (Å²) < 4.78 is 5.90. The van der Waals surface area contributed by atoms with E-state index in [0.717, 1.165) is 48.5 Å². The molecule has 1 aromatic carbocycles. The minimum atomic E-state index is -0.0410. The standard InChI is InChI=1S/C17H19NO3/c1-2-10-6-12-16(21-10)8-18-13-4-3-9-5-14(19)15(20)7-11(9)17(12)13/h5-7,13,17-20H,2-4,8H2,1H3. The zero-order chi connectivity index (χ0) is 14.6. The molecule has 1 aliphatic heterocycles. The van der Waals surface area contributed by atoms with E-state index in [4.69, 9.17) is 4.42 Å². The monoisotopic (exact) mass is 285 g/mol. The molecule has 4 nitrogen and oxygen atoms in total. The molecular weight excluding hydrogens is 266 g/mol. The minimum absolute atomic E-state index is 0.0300. The summed E-state index contributed by atoms with van der Waals surface area (Å²) >= 11 is 0. The number of rotatable bonds is 1. The highest BCUT2D eigenvalue weighted by molar-refractivity contribution is 5.52. The van der Waals surface area contributed by atoms with Crippen LogP contribution < -0.4 is 5.32 Å². The molecule has 1 aliphatic carbocycles. The number of furan rings is 1. The molecule has 2 aliphatic rings. The summed E-state index contributed by atoms with van der Waals surface area (Å²) in [5.41, 5.74) is 3.47. The molecule has 2 aromatic rings. The number of nitrogens with one attached hydrogen (secondary N) is 1. The van der Waals surface area contributed by atoms with Gasteiger partial charge in [-0.05, 0) is 42.2 Å². The highest BCUT2D eigenvalue weighted by atomic mass is 16.3. The zero-order valence-electron chi connectivity index (χ0n) is 12.0. The van der Waals surface area contributed by atoms with Crippen LogP contribution in [0.25, 0.3) is 0 Å². The van der Waals surface area contributed by atoms with E-state index in [9.17, 15) is 10.2 Å². The second kappa shape index (κ2) is 4.53. The second-order valence-corrected chi connectivity index (χ2v) is 5.99. The number of benzene rings is 1. The molecule has 1 aromatic heterocycles. The SMILES string of the molecule is CCc1cc2c(o1)CNC1CCc3cc(O)c(O)cc3C21. The lowest BCUT2D eigenvalue weighted by molar-refractivity contribution is 0.347. The van der Waals surface area contributed by atoms with Crippen molar-refractivity contribution in [3.63, 3.8) is 0 Å². The van der Waals surface area contributed by atoms with Crippen LogP contribution in [0.2, 0.25) is 0 Å². The summed E-state index contributed by atoms with van der Waals surface area (Å²) in [6, 6.07) is 5.95. The van der Waals surface area contributed by atoms with E-state index in [2.05, 4.69) is 18.3 Å². The van der Waals surface area contributed by atoms with Crippen LogP contribution in [0, 0.1) is 0 Å². The summed E-state index contributed by atoms with van der Waals surface area (Å²) in [6.07, 6.45) is 2.84. The summed E-state index contributed by atoms with van der Waals surface area (Å²) in [5, 5.41) is 23.1. The Morgan fingerprint density at radius 2 is 2.00 bits per heavy atom. The van der Waals surface area contributed by atoms with E-state index in [1.807, 2.05) is 0 Å². The van der Waals surface area contributed by atoms with Crippen LogP contribution in [0.15, 0.2) is 22.6 Å². The van der Waals surface area contributed by atoms with Crippen LogP contribution in [0.3, 0.4) is 0 Å². The van der Waals surface area contributed by atoms with Crippen molar-refractivity contribution in [2.24, 2.45) is 0 Å². The highest BCUT2D eigenvalue weighted by Gasteiger charge is 2.37. The van der Waals surface area contributed by atoms with Gasteiger partial charge in [-0.2, -0.15) is 0 Å². The molecular formula is C17H19NO3. The Bertz CT molecular complexity index is 704. The largest absolute Gasteiger partial charge is 0.504 e. The van der Waals surface area contributed by atoms with Gasteiger partial charge in [0.15, 0.2) is 11.5 Å². The Balaban J connectivity index is 1.88. The third-order valence-corrected chi connectivity index (χ3v) is 4.80. The van der Waals surface area contributed by atoms with Gasteiger partial charge >= 0.3 is 0 Å². The first-order valence-corrected chi connectivity index (χ1v) is 7.57. The summed E-state index contributed by atoms with van der Waals surface area (Å²) in [4.78, 5) is 0. The lowest BCUT2D eigenvalue weighted by atomic mass is 9.74. The van der Waals surface area contributed by atoms with Gasteiger partial charge in [-0.3, -0.25) is 0 Å². The van der Waals surface area contributed by atoms with Gasteiger partial charge in [0, 0.05) is 23.9 Å². The van der Waals surface area contributed by atoms with E-state index in [0.29, 0.717) is 6.04 Å². The van der Waals surface area contributed by atoms with Crippen molar-refractivity contribution in [1.29, 1.82) is 0 Å². The quantitative estimate of drug-likeness (QED) is 0.705. The molecule has 4 rings (SSSR count). The molecule has 0 saturated heterocycles. The molecule has 0 spiro atoms. The van der Waals surface area contributed by atoms with Crippen LogP contribution in [0.4, 0.5) is 0 Å². The van der Waals surface area contributed by atoms with E-state index < -0.39 is 0 Å². The van der Waals surface area contributed by atoms with Gasteiger partial charge < -0.3 is 19.9 Å². The van der Waals surface area contributed by atoms with Crippen molar-refractivity contribution in [3.05, 3.63) is 46.4 Å². The smallest absolute Gasteiger partial charge is 0.157 e. The molecule has 2 atom stereocenters.